The first kappa shape index (κ1) is 8.03. The van der Waals surface area contributed by atoms with Gasteiger partial charge in [0, 0.05) is 0 Å². The average Bonchev–Trinajstić information content (AvgIpc) is 1.82. The molecule has 1 aliphatic rings. The van der Waals surface area contributed by atoms with E-state index in [1.54, 1.807) is 0 Å². The second kappa shape index (κ2) is 2.89. The molecule has 0 spiro atoms. The molecule has 0 saturated heterocycles. The van der Waals surface area contributed by atoms with Gasteiger partial charge in [0.15, 0.2) is 0 Å². The van der Waals surface area contributed by atoms with Crippen LogP contribution in [0.25, 0.3) is 0 Å². The number of rotatable bonds is 0. The zero-order valence-electron chi connectivity index (χ0n) is 7.10. The predicted octanol–water partition coefficient (Wildman–Crippen LogP) is 3.03. The maximum absolute atomic E-state index is 13.1. The van der Waals surface area contributed by atoms with Crippen LogP contribution < -0.4 is 0 Å². The Morgan fingerprint density at radius 2 is 1.40 bits per heavy atom. The van der Waals surface area contributed by atoms with Crippen LogP contribution in [0.1, 0.15) is 33.6 Å². The number of hydrogen-bond acceptors (Lipinski definition) is 0. The lowest BCUT2D eigenvalue weighted by molar-refractivity contribution is 0.0900. The molecule has 10 heavy (non-hydrogen) atoms. The fourth-order valence-electron chi connectivity index (χ4n) is 2.19. The minimum absolute atomic E-state index is 0.291. The fourth-order valence-corrected chi connectivity index (χ4v) is 2.19. The molecule has 1 rings (SSSR count). The summed E-state index contributed by atoms with van der Waals surface area (Å²) in [5.74, 6) is 1.31. The summed E-state index contributed by atoms with van der Waals surface area (Å²) in [6, 6.07) is 0. The smallest absolute Gasteiger partial charge is 0.105 e. The van der Waals surface area contributed by atoms with E-state index in [0.717, 1.165) is 18.8 Å². The van der Waals surface area contributed by atoms with E-state index in [-0.39, 0.29) is 0 Å². The first-order valence-electron chi connectivity index (χ1n) is 4.25. The van der Waals surface area contributed by atoms with Gasteiger partial charge in [0.25, 0.3) is 0 Å². The number of halogens is 1. The Morgan fingerprint density at radius 1 is 1.00 bits per heavy atom. The Bertz CT molecular complexity index is 99.3. The molecule has 0 nitrogen and oxygen atoms in total. The summed E-state index contributed by atoms with van der Waals surface area (Å²) in [6.07, 6.45) is 1.60. The summed E-state index contributed by atoms with van der Waals surface area (Å²) < 4.78 is 13.1. The van der Waals surface area contributed by atoms with Crippen LogP contribution >= 0.6 is 0 Å². The van der Waals surface area contributed by atoms with Gasteiger partial charge in [-0.05, 0) is 30.6 Å². The summed E-state index contributed by atoms with van der Waals surface area (Å²) in [6.45, 7) is 6.27. The molecule has 0 aliphatic heterocycles. The maximum atomic E-state index is 13.1. The van der Waals surface area contributed by atoms with Gasteiger partial charge in [0.05, 0.1) is 0 Å². The third-order valence-electron chi connectivity index (χ3n) is 2.64. The van der Waals surface area contributed by atoms with Crippen molar-refractivity contribution >= 4 is 0 Å². The summed E-state index contributed by atoms with van der Waals surface area (Å²) in [7, 11) is 0. The fraction of sp³-hybridized carbons (Fsp3) is 1.00. The van der Waals surface area contributed by atoms with E-state index in [0.29, 0.717) is 11.8 Å². The first-order chi connectivity index (χ1) is 4.61. The molecule has 0 amide bonds. The van der Waals surface area contributed by atoms with Crippen LogP contribution in [0.2, 0.25) is 0 Å². The van der Waals surface area contributed by atoms with Crippen LogP contribution in [0.15, 0.2) is 0 Å². The Labute approximate surface area is 62.8 Å². The SMILES string of the molecule is CC1CC(C)C(F)C(C)C1. The molecule has 0 N–H and O–H groups in total. The van der Waals surface area contributed by atoms with E-state index < -0.39 is 6.17 Å². The van der Waals surface area contributed by atoms with Crippen molar-refractivity contribution < 1.29 is 4.39 Å². The van der Waals surface area contributed by atoms with E-state index >= 15 is 0 Å². The average molecular weight is 144 g/mol. The minimum Gasteiger partial charge on any atom is -0.247 e. The van der Waals surface area contributed by atoms with Crippen LogP contribution in [-0.4, -0.2) is 6.17 Å². The van der Waals surface area contributed by atoms with Crippen molar-refractivity contribution in [3.63, 3.8) is 0 Å². The van der Waals surface area contributed by atoms with Gasteiger partial charge in [0.1, 0.15) is 6.17 Å². The summed E-state index contributed by atoms with van der Waals surface area (Å²) in [5, 5.41) is 0. The van der Waals surface area contributed by atoms with Crippen molar-refractivity contribution in [2.45, 2.75) is 39.8 Å². The van der Waals surface area contributed by atoms with Gasteiger partial charge >= 0.3 is 0 Å². The van der Waals surface area contributed by atoms with Crippen molar-refractivity contribution in [2.75, 3.05) is 0 Å². The van der Waals surface area contributed by atoms with Crippen molar-refractivity contribution in [3.8, 4) is 0 Å². The molecule has 1 heteroatoms. The zero-order valence-corrected chi connectivity index (χ0v) is 7.10. The van der Waals surface area contributed by atoms with Crippen molar-refractivity contribution in [3.05, 3.63) is 0 Å². The van der Waals surface area contributed by atoms with Gasteiger partial charge in [-0.2, -0.15) is 0 Å². The summed E-state index contributed by atoms with van der Waals surface area (Å²) >= 11 is 0. The molecule has 0 bridgehead atoms. The molecule has 0 aromatic rings. The van der Waals surface area contributed by atoms with Crippen LogP contribution in [0.3, 0.4) is 0 Å². The molecule has 0 aromatic carbocycles. The molecular formula is C9H17F. The Morgan fingerprint density at radius 3 is 1.80 bits per heavy atom. The highest BCUT2D eigenvalue weighted by Crippen LogP contribution is 2.34. The van der Waals surface area contributed by atoms with Crippen LogP contribution in [0.4, 0.5) is 4.39 Å². The number of alkyl halides is 1. The summed E-state index contributed by atoms with van der Waals surface area (Å²) in [4.78, 5) is 0. The van der Waals surface area contributed by atoms with E-state index in [1.165, 1.54) is 0 Å². The Balaban J connectivity index is 2.49. The molecule has 1 saturated carbocycles. The molecule has 1 fully saturated rings. The highest BCUT2D eigenvalue weighted by molar-refractivity contribution is 4.80. The van der Waals surface area contributed by atoms with Crippen molar-refractivity contribution in [1.82, 2.24) is 0 Å². The number of hydrogen-bond donors (Lipinski definition) is 0. The molecular weight excluding hydrogens is 127 g/mol. The van der Waals surface area contributed by atoms with Gasteiger partial charge in [-0.3, -0.25) is 0 Å². The molecule has 60 valence electrons. The van der Waals surface area contributed by atoms with E-state index in [4.69, 9.17) is 0 Å². The summed E-state index contributed by atoms with van der Waals surface area (Å²) in [5.41, 5.74) is 0. The molecule has 1 aliphatic carbocycles. The zero-order chi connectivity index (χ0) is 7.72. The minimum atomic E-state index is -0.545. The molecule has 0 aromatic heterocycles. The van der Waals surface area contributed by atoms with Gasteiger partial charge in [-0.15, -0.1) is 0 Å². The molecule has 0 radical (unpaired) electrons. The maximum Gasteiger partial charge on any atom is 0.105 e. The Kier molecular flexibility index (Phi) is 2.32. The van der Waals surface area contributed by atoms with Gasteiger partial charge in [-0.1, -0.05) is 20.8 Å². The lowest BCUT2D eigenvalue weighted by Crippen LogP contribution is -2.29. The second-order valence-electron chi connectivity index (χ2n) is 3.98. The van der Waals surface area contributed by atoms with Crippen LogP contribution in [-0.2, 0) is 0 Å². The quantitative estimate of drug-likeness (QED) is 0.490. The van der Waals surface area contributed by atoms with Crippen LogP contribution in [0.5, 0.6) is 0 Å². The van der Waals surface area contributed by atoms with E-state index in [2.05, 4.69) is 6.92 Å². The monoisotopic (exact) mass is 144 g/mol. The normalized spacial score (nSPS) is 49.2. The topological polar surface area (TPSA) is 0 Å². The van der Waals surface area contributed by atoms with E-state index in [9.17, 15) is 4.39 Å². The largest absolute Gasteiger partial charge is 0.247 e. The molecule has 2 atom stereocenters. The Hall–Kier alpha value is -0.0700. The highest BCUT2D eigenvalue weighted by atomic mass is 19.1. The van der Waals surface area contributed by atoms with Gasteiger partial charge < -0.3 is 0 Å². The lowest BCUT2D eigenvalue weighted by atomic mass is 9.76. The standard InChI is InChI=1S/C9H17F/c1-6-4-7(2)9(10)8(3)5-6/h6-9H,4-5H2,1-3H3. The van der Waals surface area contributed by atoms with Crippen LogP contribution in [0, 0.1) is 17.8 Å². The van der Waals surface area contributed by atoms with Gasteiger partial charge in [0.2, 0.25) is 0 Å². The third-order valence-corrected chi connectivity index (χ3v) is 2.64. The lowest BCUT2D eigenvalue weighted by Gasteiger charge is -2.32. The molecule has 2 unspecified atom stereocenters. The van der Waals surface area contributed by atoms with E-state index in [1.807, 2.05) is 13.8 Å². The second-order valence-corrected chi connectivity index (χ2v) is 3.98. The molecule has 0 heterocycles. The first-order valence-corrected chi connectivity index (χ1v) is 4.25. The third kappa shape index (κ3) is 1.50. The van der Waals surface area contributed by atoms with Gasteiger partial charge in [-0.25, -0.2) is 4.39 Å². The predicted molar refractivity (Wildman–Crippen MR) is 41.6 cm³/mol. The van der Waals surface area contributed by atoms with Crippen molar-refractivity contribution in [2.24, 2.45) is 17.8 Å². The van der Waals surface area contributed by atoms with Crippen molar-refractivity contribution in [1.29, 1.82) is 0 Å². The highest BCUT2D eigenvalue weighted by Gasteiger charge is 2.30.